The van der Waals surface area contributed by atoms with Crippen LogP contribution in [0.1, 0.15) is 19.8 Å². The third-order valence-corrected chi connectivity index (χ3v) is 6.87. The van der Waals surface area contributed by atoms with Gasteiger partial charge in [0.2, 0.25) is 0 Å². The highest BCUT2D eigenvalue weighted by Crippen LogP contribution is 2.35. The molecule has 1 atom stereocenters. The van der Waals surface area contributed by atoms with Crippen LogP contribution in [-0.4, -0.2) is 46.4 Å². The van der Waals surface area contributed by atoms with Gasteiger partial charge < -0.3 is 5.73 Å². The molecule has 0 amide bonds. The summed E-state index contributed by atoms with van der Waals surface area (Å²) in [6.45, 7) is 1.83. The Morgan fingerprint density at radius 3 is 2.38 bits per heavy atom. The summed E-state index contributed by atoms with van der Waals surface area (Å²) in [4.78, 5) is 0. The van der Waals surface area contributed by atoms with E-state index in [-0.39, 0.29) is 29.6 Å². The summed E-state index contributed by atoms with van der Waals surface area (Å²) in [6, 6.07) is 0. The average Bonchev–Trinajstić information content (AvgIpc) is 2.53. The Hall–Kier alpha value is -0.140. The zero-order chi connectivity index (χ0) is 12.4. The highest BCUT2D eigenvalue weighted by atomic mass is 32.2. The van der Waals surface area contributed by atoms with Gasteiger partial charge in [0.25, 0.3) is 0 Å². The zero-order valence-electron chi connectivity index (χ0n) is 9.48. The summed E-state index contributed by atoms with van der Waals surface area (Å²) in [5.41, 5.74) is 5.09. The van der Waals surface area contributed by atoms with Gasteiger partial charge in [-0.15, -0.1) is 0 Å². The van der Waals surface area contributed by atoms with Crippen LogP contribution in [0.4, 0.5) is 0 Å². The molecule has 7 heteroatoms. The Bertz CT molecular complexity index is 440. The van der Waals surface area contributed by atoms with Gasteiger partial charge in [0, 0.05) is 5.75 Å². The minimum atomic E-state index is -3.04. The van der Waals surface area contributed by atoms with E-state index < -0.39 is 25.1 Å². The first-order valence-electron chi connectivity index (χ1n) is 5.35. The van der Waals surface area contributed by atoms with E-state index in [0.29, 0.717) is 12.8 Å². The fourth-order valence-electron chi connectivity index (χ4n) is 1.96. The third kappa shape index (κ3) is 3.43. The van der Waals surface area contributed by atoms with Gasteiger partial charge in [-0.25, -0.2) is 16.8 Å². The van der Waals surface area contributed by atoms with Crippen LogP contribution in [0.3, 0.4) is 0 Å². The van der Waals surface area contributed by atoms with Crippen molar-refractivity contribution >= 4 is 19.7 Å². The molecule has 0 radical (unpaired) electrons. The zero-order valence-corrected chi connectivity index (χ0v) is 11.1. The van der Waals surface area contributed by atoms with Crippen LogP contribution in [0.5, 0.6) is 0 Å². The lowest BCUT2D eigenvalue weighted by molar-refractivity contribution is 0.334. The Kier molecular flexibility index (Phi) is 4.02. The average molecular weight is 269 g/mol. The van der Waals surface area contributed by atoms with E-state index in [4.69, 9.17) is 5.73 Å². The largest absolute Gasteiger partial charge is 0.330 e. The van der Waals surface area contributed by atoms with E-state index in [0.717, 1.165) is 0 Å². The maximum atomic E-state index is 11.4. The van der Waals surface area contributed by atoms with Gasteiger partial charge in [0.05, 0.1) is 17.3 Å². The van der Waals surface area contributed by atoms with Gasteiger partial charge in [0.15, 0.2) is 9.84 Å². The molecule has 1 heterocycles. The maximum Gasteiger partial charge on any atom is 0.150 e. The highest BCUT2D eigenvalue weighted by molar-refractivity contribution is 7.91. The second-order valence-electron chi connectivity index (χ2n) is 4.53. The summed E-state index contributed by atoms with van der Waals surface area (Å²) in [7, 11) is -6.06. The van der Waals surface area contributed by atoms with Crippen LogP contribution in [0.2, 0.25) is 0 Å². The smallest absolute Gasteiger partial charge is 0.150 e. The molecular formula is C9H19NO4S2. The van der Waals surface area contributed by atoms with Crippen LogP contribution < -0.4 is 5.73 Å². The molecule has 16 heavy (non-hydrogen) atoms. The topological polar surface area (TPSA) is 94.3 Å². The number of nitrogens with two attached hydrogens (primary N) is 1. The van der Waals surface area contributed by atoms with Crippen molar-refractivity contribution in [2.45, 2.75) is 19.8 Å². The fraction of sp³-hybridized carbons (Fsp3) is 1.00. The van der Waals surface area contributed by atoms with Gasteiger partial charge in [-0.2, -0.15) is 0 Å². The van der Waals surface area contributed by atoms with Crippen LogP contribution in [-0.2, 0) is 19.7 Å². The lowest BCUT2D eigenvalue weighted by Crippen LogP contribution is -2.34. The van der Waals surface area contributed by atoms with Crippen molar-refractivity contribution in [2.24, 2.45) is 11.1 Å². The molecule has 1 rings (SSSR count). The molecule has 5 nitrogen and oxygen atoms in total. The molecule has 0 aromatic carbocycles. The van der Waals surface area contributed by atoms with E-state index in [1.165, 1.54) is 0 Å². The molecule has 0 saturated carbocycles. The molecule has 1 fully saturated rings. The van der Waals surface area contributed by atoms with Crippen molar-refractivity contribution in [3.8, 4) is 0 Å². The monoisotopic (exact) mass is 269 g/mol. The van der Waals surface area contributed by atoms with Crippen molar-refractivity contribution in [1.82, 2.24) is 0 Å². The molecule has 96 valence electrons. The Morgan fingerprint density at radius 2 is 2.00 bits per heavy atom. The molecule has 0 aromatic heterocycles. The second-order valence-corrected chi connectivity index (χ2v) is 9.19. The van der Waals surface area contributed by atoms with Gasteiger partial charge in [-0.3, -0.25) is 0 Å². The van der Waals surface area contributed by atoms with Crippen molar-refractivity contribution in [2.75, 3.05) is 29.6 Å². The minimum Gasteiger partial charge on any atom is -0.330 e. The van der Waals surface area contributed by atoms with Crippen molar-refractivity contribution in [3.63, 3.8) is 0 Å². The number of hydrogen-bond donors (Lipinski definition) is 1. The molecule has 2 N–H and O–H groups in total. The minimum absolute atomic E-state index is 0.0374. The first kappa shape index (κ1) is 13.9. The number of rotatable bonds is 5. The van der Waals surface area contributed by atoms with Crippen LogP contribution in [0.25, 0.3) is 0 Å². The molecule has 0 aliphatic carbocycles. The van der Waals surface area contributed by atoms with Crippen molar-refractivity contribution in [3.05, 3.63) is 0 Å². The first-order chi connectivity index (χ1) is 7.24. The lowest BCUT2D eigenvalue weighted by atomic mass is 9.85. The highest BCUT2D eigenvalue weighted by Gasteiger charge is 2.41. The van der Waals surface area contributed by atoms with Gasteiger partial charge >= 0.3 is 0 Å². The summed E-state index contributed by atoms with van der Waals surface area (Å²) in [5, 5.41) is 0. The summed E-state index contributed by atoms with van der Waals surface area (Å²) in [6.07, 6.45) is 0.851. The van der Waals surface area contributed by atoms with Gasteiger partial charge in [0.1, 0.15) is 9.84 Å². The maximum absolute atomic E-state index is 11.4. The quantitative estimate of drug-likeness (QED) is 0.731. The number of sulfone groups is 2. The van der Waals surface area contributed by atoms with E-state index in [1.807, 2.05) is 0 Å². The molecule has 1 aliphatic heterocycles. The SMILES string of the molecule is CCS(=O)(=O)CCC1(CN)CCS(=O)(=O)C1. The van der Waals surface area contributed by atoms with Gasteiger partial charge in [-0.1, -0.05) is 6.92 Å². The second kappa shape index (κ2) is 4.62. The van der Waals surface area contributed by atoms with E-state index in [2.05, 4.69) is 0 Å². The Morgan fingerprint density at radius 1 is 1.38 bits per heavy atom. The molecule has 1 unspecified atom stereocenters. The molecule has 1 saturated heterocycles. The predicted molar refractivity (Wildman–Crippen MR) is 63.7 cm³/mol. The number of hydrogen-bond acceptors (Lipinski definition) is 5. The standard InChI is InChI=1S/C9H19NO4S2/c1-2-15(11,12)5-3-9(7-10)4-6-16(13,14)8-9/h2-8,10H2,1H3. The van der Waals surface area contributed by atoms with Crippen LogP contribution >= 0.6 is 0 Å². The molecular weight excluding hydrogens is 250 g/mol. The van der Waals surface area contributed by atoms with E-state index in [9.17, 15) is 16.8 Å². The van der Waals surface area contributed by atoms with Crippen molar-refractivity contribution in [1.29, 1.82) is 0 Å². The molecule has 1 aliphatic rings. The normalized spacial score (nSPS) is 29.4. The van der Waals surface area contributed by atoms with E-state index in [1.54, 1.807) is 6.92 Å². The van der Waals surface area contributed by atoms with Crippen LogP contribution in [0, 0.1) is 5.41 Å². The lowest BCUT2D eigenvalue weighted by Gasteiger charge is -2.25. The first-order valence-corrected chi connectivity index (χ1v) is 8.99. The van der Waals surface area contributed by atoms with Gasteiger partial charge in [-0.05, 0) is 24.8 Å². The van der Waals surface area contributed by atoms with E-state index >= 15 is 0 Å². The van der Waals surface area contributed by atoms with Crippen LogP contribution in [0.15, 0.2) is 0 Å². The molecule has 0 bridgehead atoms. The van der Waals surface area contributed by atoms with Crippen molar-refractivity contribution < 1.29 is 16.8 Å². The Balaban J connectivity index is 2.71. The summed E-state index contributed by atoms with van der Waals surface area (Å²) in [5.74, 6) is 0.308. The summed E-state index contributed by atoms with van der Waals surface area (Å²) >= 11 is 0. The molecule has 0 spiro atoms. The summed E-state index contributed by atoms with van der Waals surface area (Å²) < 4.78 is 45.6. The fourth-order valence-corrected chi connectivity index (χ4v) is 5.22. The molecule has 0 aromatic rings. The Labute approximate surface area is 97.2 Å². The predicted octanol–water partition coefficient (Wildman–Crippen LogP) is -0.425. The third-order valence-electron chi connectivity index (χ3n) is 3.29.